The largest absolute Gasteiger partial charge is 0.354 e. The third-order valence-corrected chi connectivity index (χ3v) is 5.13. The van der Waals surface area contributed by atoms with E-state index in [0.717, 1.165) is 31.4 Å². The smallest absolute Gasteiger partial charge is 0.131 e. The zero-order chi connectivity index (χ0) is 14.4. The lowest BCUT2D eigenvalue weighted by atomic mass is 10.2. The van der Waals surface area contributed by atoms with Crippen molar-refractivity contribution in [1.82, 2.24) is 10.3 Å². The molecule has 1 N–H and O–H groups in total. The van der Waals surface area contributed by atoms with Crippen LogP contribution in [0, 0.1) is 6.92 Å². The molecule has 0 saturated carbocycles. The van der Waals surface area contributed by atoms with Crippen LogP contribution in [-0.2, 0) is 6.54 Å². The highest BCUT2D eigenvalue weighted by atomic mass is 32.2. The Bertz CT molecular complexity index is 422. The number of nitrogens with zero attached hydrogens (tertiary/aromatic N) is 2. The summed E-state index contributed by atoms with van der Waals surface area (Å²) in [6.07, 6.45) is 4.46. The van der Waals surface area contributed by atoms with Crippen LogP contribution in [0.3, 0.4) is 0 Å². The molecule has 0 aliphatic carbocycles. The fourth-order valence-electron chi connectivity index (χ4n) is 2.62. The molecule has 0 bridgehead atoms. The summed E-state index contributed by atoms with van der Waals surface area (Å²) >= 11 is 2.10. The quantitative estimate of drug-likeness (QED) is 0.815. The summed E-state index contributed by atoms with van der Waals surface area (Å²) in [6.45, 7) is 10.9. The summed E-state index contributed by atoms with van der Waals surface area (Å²) in [7, 11) is 0. The van der Waals surface area contributed by atoms with Crippen molar-refractivity contribution in [3.05, 3.63) is 23.4 Å². The number of rotatable bonds is 6. The van der Waals surface area contributed by atoms with E-state index in [4.69, 9.17) is 4.98 Å². The molecule has 1 atom stereocenters. The van der Waals surface area contributed by atoms with Gasteiger partial charge < -0.3 is 10.2 Å². The molecular weight excluding hydrogens is 266 g/mol. The lowest BCUT2D eigenvalue weighted by molar-refractivity contribution is 0.672. The van der Waals surface area contributed by atoms with Gasteiger partial charge in [0, 0.05) is 36.8 Å². The molecule has 2 heterocycles. The summed E-state index contributed by atoms with van der Waals surface area (Å²) in [4.78, 5) is 7.19. The lowest BCUT2D eigenvalue weighted by Crippen LogP contribution is -2.38. The predicted molar refractivity (Wildman–Crippen MR) is 89.7 cm³/mol. The molecule has 1 unspecified atom stereocenters. The average molecular weight is 293 g/mol. The molecule has 1 aromatic rings. The second kappa shape index (κ2) is 7.89. The van der Waals surface area contributed by atoms with Crippen LogP contribution >= 0.6 is 11.8 Å². The first-order valence-electron chi connectivity index (χ1n) is 7.77. The van der Waals surface area contributed by atoms with Crippen LogP contribution in [0.2, 0.25) is 0 Å². The highest BCUT2D eigenvalue weighted by molar-refractivity contribution is 8.00. The number of hydrogen-bond acceptors (Lipinski definition) is 4. The third-order valence-electron chi connectivity index (χ3n) is 3.76. The summed E-state index contributed by atoms with van der Waals surface area (Å²) in [5, 5.41) is 4.20. The van der Waals surface area contributed by atoms with Crippen molar-refractivity contribution < 1.29 is 0 Å². The Balaban J connectivity index is 2.01. The average Bonchev–Trinajstić information content (AvgIpc) is 2.48. The minimum absolute atomic E-state index is 0.760. The molecular formula is C16H27N3S. The van der Waals surface area contributed by atoms with Gasteiger partial charge in [-0.15, -0.1) is 0 Å². The topological polar surface area (TPSA) is 28.2 Å². The molecule has 0 amide bonds. The summed E-state index contributed by atoms with van der Waals surface area (Å²) in [5.74, 6) is 2.40. The predicted octanol–water partition coefficient (Wildman–Crippen LogP) is 3.22. The highest BCUT2D eigenvalue weighted by Gasteiger charge is 2.21. The number of anilines is 1. The molecule has 3 nitrogen and oxygen atoms in total. The third kappa shape index (κ3) is 4.13. The molecule has 0 spiro atoms. The van der Waals surface area contributed by atoms with Crippen molar-refractivity contribution in [2.75, 3.05) is 30.3 Å². The van der Waals surface area contributed by atoms with Gasteiger partial charge in [-0.3, -0.25) is 0 Å². The van der Waals surface area contributed by atoms with Gasteiger partial charge in [0.1, 0.15) is 5.82 Å². The van der Waals surface area contributed by atoms with Gasteiger partial charge in [0.15, 0.2) is 0 Å². The molecule has 1 aliphatic heterocycles. The van der Waals surface area contributed by atoms with Gasteiger partial charge in [0.25, 0.3) is 0 Å². The molecule has 2 rings (SSSR count). The van der Waals surface area contributed by atoms with Crippen molar-refractivity contribution >= 4 is 17.6 Å². The van der Waals surface area contributed by atoms with E-state index >= 15 is 0 Å². The maximum atomic E-state index is 4.73. The molecule has 0 radical (unpaired) electrons. The van der Waals surface area contributed by atoms with E-state index in [1.807, 2.05) is 6.20 Å². The molecule has 4 heteroatoms. The van der Waals surface area contributed by atoms with Crippen molar-refractivity contribution in [2.45, 2.75) is 45.4 Å². The first-order chi connectivity index (χ1) is 9.74. The monoisotopic (exact) mass is 293 g/mol. The van der Waals surface area contributed by atoms with Crippen molar-refractivity contribution in [3.8, 4) is 0 Å². The van der Waals surface area contributed by atoms with Crippen LogP contribution in [-0.4, -0.2) is 35.6 Å². The summed E-state index contributed by atoms with van der Waals surface area (Å²) < 4.78 is 0. The van der Waals surface area contributed by atoms with Crippen molar-refractivity contribution in [2.24, 2.45) is 0 Å². The number of pyridine rings is 1. The Hall–Kier alpha value is -0.740. The van der Waals surface area contributed by atoms with E-state index in [1.165, 1.54) is 35.5 Å². The fourth-order valence-corrected chi connectivity index (χ4v) is 3.80. The van der Waals surface area contributed by atoms with E-state index in [-0.39, 0.29) is 0 Å². The van der Waals surface area contributed by atoms with Gasteiger partial charge in [0.2, 0.25) is 0 Å². The Morgan fingerprint density at radius 2 is 2.30 bits per heavy atom. The first-order valence-corrected chi connectivity index (χ1v) is 8.82. The number of nitrogens with one attached hydrogen (secondary N) is 1. The molecule has 1 aliphatic rings. The van der Waals surface area contributed by atoms with Crippen LogP contribution in [0.4, 0.5) is 5.82 Å². The highest BCUT2D eigenvalue weighted by Crippen LogP contribution is 2.26. The maximum Gasteiger partial charge on any atom is 0.131 e. The van der Waals surface area contributed by atoms with E-state index in [1.54, 1.807) is 0 Å². The minimum atomic E-state index is 0.760. The normalized spacial score (nSPS) is 19.4. The maximum absolute atomic E-state index is 4.73. The Morgan fingerprint density at radius 1 is 1.45 bits per heavy atom. The molecule has 1 saturated heterocycles. The van der Waals surface area contributed by atoms with Gasteiger partial charge in [-0.1, -0.05) is 13.8 Å². The van der Waals surface area contributed by atoms with Crippen molar-refractivity contribution in [3.63, 3.8) is 0 Å². The number of thioether (sulfide) groups is 1. The van der Waals surface area contributed by atoms with Crippen LogP contribution < -0.4 is 10.2 Å². The number of aryl methyl sites for hydroxylation is 1. The molecule has 20 heavy (non-hydrogen) atoms. The molecule has 1 fully saturated rings. The van der Waals surface area contributed by atoms with Gasteiger partial charge in [-0.05, 0) is 43.5 Å². The molecule has 1 aromatic heterocycles. The van der Waals surface area contributed by atoms with Crippen LogP contribution in [0.1, 0.15) is 37.8 Å². The fraction of sp³-hybridized carbons (Fsp3) is 0.688. The number of aromatic nitrogens is 1. The standard InChI is InChI=1S/C16H27N3S/c1-4-6-17-10-14-9-13(3)16(18-11-14)19-7-8-20-15(5-2)12-19/h9,11,15,17H,4-8,10,12H2,1-3H3. The van der Waals surface area contributed by atoms with Crippen molar-refractivity contribution in [1.29, 1.82) is 0 Å². The number of hydrogen-bond donors (Lipinski definition) is 1. The van der Waals surface area contributed by atoms with E-state index in [0.29, 0.717) is 0 Å². The first kappa shape index (κ1) is 15.6. The second-order valence-corrected chi connectivity index (χ2v) is 6.92. The summed E-state index contributed by atoms with van der Waals surface area (Å²) in [5.41, 5.74) is 2.60. The van der Waals surface area contributed by atoms with Gasteiger partial charge >= 0.3 is 0 Å². The Morgan fingerprint density at radius 3 is 3.00 bits per heavy atom. The minimum Gasteiger partial charge on any atom is -0.354 e. The zero-order valence-corrected chi connectivity index (χ0v) is 13.8. The van der Waals surface area contributed by atoms with Gasteiger partial charge in [-0.25, -0.2) is 4.98 Å². The zero-order valence-electron chi connectivity index (χ0n) is 13.0. The second-order valence-electron chi connectivity index (χ2n) is 5.51. The summed E-state index contributed by atoms with van der Waals surface area (Å²) in [6, 6.07) is 2.29. The molecule has 112 valence electrons. The lowest BCUT2D eigenvalue weighted by Gasteiger charge is -2.33. The van der Waals surface area contributed by atoms with Gasteiger partial charge in [-0.2, -0.15) is 11.8 Å². The van der Waals surface area contributed by atoms with E-state index < -0.39 is 0 Å². The van der Waals surface area contributed by atoms with Crippen LogP contribution in [0.25, 0.3) is 0 Å². The SMILES string of the molecule is CCCNCc1cnc(N2CCSC(CC)C2)c(C)c1. The van der Waals surface area contributed by atoms with Crippen LogP contribution in [0.5, 0.6) is 0 Å². The van der Waals surface area contributed by atoms with Gasteiger partial charge in [0.05, 0.1) is 0 Å². The van der Waals surface area contributed by atoms with Crippen LogP contribution in [0.15, 0.2) is 12.3 Å². The van der Waals surface area contributed by atoms with E-state index in [2.05, 4.69) is 48.8 Å². The molecule has 0 aromatic carbocycles. The Kier molecular flexibility index (Phi) is 6.17. The Labute approximate surface area is 127 Å². The van der Waals surface area contributed by atoms with E-state index in [9.17, 15) is 0 Å².